The largest absolute Gasteiger partial charge is 0.294 e. The van der Waals surface area contributed by atoms with Gasteiger partial charge in [-0.1, -0.05) is 30.3 Å². The minimum absolute atomic E-state index is 0.591. The fourth-order valence-electron chi connectivity index (χ4n) is 2.59. The molecule has 0 amide bonds. The SMILES string of the molecule is c1ccc(CON(CCc2ccncc2)CCc2ccncc2)cc1. The van der Waals surface area contributed by atoms with E-state index in [0.29, 0.717) is 6.61 Å². The third-order valence-corrected chi connectivity index (χ3v) is 4.06. The summed E-state index contributed by atoms with van der Waals surface area (Å²) in [5.74, 6) is 0. The quantitative estimate of drug-likeness (QED) is 0.560. The van der Waals surface area contributed by atoms with Gasteiger partial charge in [-0.25, -0.2) is 0 Å². The Morgan fingerprint density at radius 3 is 1.68 bits per heavy atom. The zero-order chi connectivity index (χ0) is 17.2. The van der Waals surface area contributed by atoms with Gasteiger partial charge in [0, 0.05) is 37.9 Å². The van der Waals surface area contributed by atoms with Gasteiger partial charge in [0.25, 0.3) is 0 Å². The minimum atomic E-state index is 0.591. The highest BCUT2D eigenvalue weighted by Crippen LogP contribution is 2.07. The van der Waals surface area contributed by atoms with Gasteiger partial charge < -0.3 is 0 Å². The molecule has 0 N–H and O–H groups in total. The lowest BCUT2D eigenvalue weighted by Gasteiger charge is -2.22. The Hall–Kier alpha value is -2.56. The lowest BCUT2D eigenvalue weighted by Crippen LogP contribution is -2.28. The summed E-state index contributed by atoms with van der Waals surface area (Å²) >= 11 is 0. The lowest BCUT2D eigenvalue weighted by atomic mass is 10.2. The van der Waals surface area contributed by atoms with Crippen molar-refractivity contribution >= 4 is 0 Å². The van der Waals surface area contributed by atoms with Crippen LogP contribution < -0.4 is 0 Å². The molecule has 2 aromatic heterocycles. The van der Waals surface area contributed by atoms with Gasteiger partial charge in [0.05, 0.1) is 6.61 Å². The van der Waals surface area contributed by atoms with Crippen molar-refractivity contribution in [3.8, 4) is 0 Å². The van der Waals surface area contributed by atoms with Crippen LogP contribution in [0.4, 0.5) is 0 Å². The Labute approximate surface area is 149 Å². The predicted octanol–water partition coefficient (Wildman–Crippen LogP) is 3.70. The van der Waals surface area contributed by atoms with Crippen LogP contribution in [0.2, 0.25) is 0 Å². The number of hydrogen-bond donors (Lipinski definition) is 0. The summed E-state index contributed by atoms with van der Waals surface area (Å²) < 4.78 is 0. The van der Waals surface area contributed by atoms with Gasteiger partial charge in [-0.15, -0.1) is 0 Å². The van der Waals surface area contributed by atoms with Gasteiger partial charge >= 0.3 is 0 Å². The van der Waals surface area contributed by atoms with E-state index < -0.39 is 0 Å². The van der Waals surface area contributed by atoms with E-state index in [0.717, 1.165) is 25.9 Å². The molecular formula is C21H23N3O. The molecule has 0 radical (unpaired) electrons. The van der Waals surface area contributed by atoms with E-state index >= 15 is 0 Å². The van der Waals surface area contributed by atoms with Crippen LogP contribution in [0, 0.1) is 0 Å². The Kier molecular flexibility index (Phi) is 6.68. The Morgan fingerprint density at radius 1 is 0.640 bits per heavy atom. The van der Waals surface area contributed by atoms with Gasteiger partial charge in [-0.3, -0.25) is 14.8 Å². The molecule has 0 aliphatic heterocycles. The van der Waals surface area contributed by atoms with Gasteiger partial charge in [-0.2, -0.15) is 5.06 Å². The van der Waals surface area contributed by atoms with Crippen molar-refractivity contribution in [1.29, 1.82) is 0 Å². The molecule has 4 heteroatoms. The summed E-state index contributed by atoms with van der Waals surface area (Å²) in [6, 6.07) is 18.5. The number of aromatic nitrogens is 2. The molecule has 0 fully saturated rings. The minimum Gasteiger partial charge on any atom is -0.294 e. The zero-order valence-electron chi connectivity index (χ0n) is 14.3. The summed E-state index contributed by atoms with van der Waals surface area (Å²) in [6.07, 6.45) is 9.22. The maximum Gasteiger partial charge on any atom is 0.0935 e. The third kappa shape index (κ3) is 6.10. The summed E-state index contributed by atoms with van der Waals surface area (Å²) in [6.45, 7) is 2.29. The third-order valence-electron chi connectivity index (χ3n) is 4.06. The highest BCUT2D eigenvalue weighted by molar-refractivity contribution is 5.13. The molecule has 128 valence electrons. The first-order valence-electron chi connectivity index (χ1n) is 8.60. The van der Waals surface area contributed by atoms with Crippen LogP contribution in [0.5, 0.6) is 0 Å². The molecule has 4 nitrogen and oxygen atoms in total. The van der Waals surface area contributed by atoms with Gasteiger partial charge in [0.2, 0.25) is 0 Å². The van der Waals surface area contributed by atoms with Crippen LogP contribution in [0.15, 0.2) is 79.4 Å². The van der Waals surface area contributed by atoms with E-state index in [1.807, 2.05) is 43.0 Å². The first-order valence-corrected chi connectivity index (χ1v) is 8.60. The summed E-state index contributed by atoms with van der Waals surface area (Å²) in [7, 11) is 0. The van der Waals surface area contributed by atoms with Crippen LogP contribution in [0.25, 0.3) is 0 Å². The normalized spacial score (nSPS) is 10.9. The van der Waals surface area contributed by atoms with Crippen LogP contribution in [0.1, 0.15) is 16.7 Å². The summed E-state index contributed by atoms with van der Waals surface area (Å²) in [5.41, 5.74) is 3.72. The number of hydroxylamine groups is 2. The molecule has 0 spiro atoms. The number of nitrogens with zero attached hydrogens (tertiary/aromatic N) is 3. The number of hydrogen-bond acceptors (Lipinski definition) is 4. The van der Waals surface area contributed by atoms with Crippen LogP contribution >= 0.6 is 0 Å². The second-order valence-corrected chi connectivity index (χ2v) is 5.90. The van der Waals surface area contributed by atoms with E-state index in [2.05, 4.69) is 51.4 Å². The summed E-state index contributed by atoms with van der Waals surface area (Å²) in [5, 5.41) is 2.06. The highest BCUT2D eigenvalue weighted by Gasteiger charge is 2.07. The summed E-state index contributed by atoms with van der Waals surface area (Å²) in [4.78, 5) is 14.2. The molecular weight excluding hydrogens is 310 g/mol. The molecule has 1 aromatic carbocycles. The van der Waals surface area contributed by atoms with Crippen molar-refractivity contribution in [2.24, 2.45) is 0 Å². The second kappa shape index (κ2) is 9.67. The number of pyridine rings is 2. The van der Waals surface area contributed by atoms with E-state index in [1.54, 1.807) is 0 Å². The fraction of sp³-hybridized carbons (Fsp3) is 0.238. The molecule has 0 saturated heterocycles. The molecule has 3 rings (SSSR count). The monoisotopic (exact) mass is 333 g/mol. The van der Waals surface area contributed by atoms with Gasteiger partial charge in [0.1, 0.15) is 0 Å². The Bertz CT molecular complexity index is 616. The van der Waals surface area contributed by atoms with Crippen LogP contribution in [0.3, 0.4) is 0 Å². The maximum atomic E-state index is 6.07. The zero-order valence-corrected chi connectivity index (χ0v) is 14.3. The van der Waals surface area contributed by atoms with Gasteiger partial charge in [0.15, 0.2) is 0 Å². The van der Waals surface area contributed by atoms with Crippen molar-refractivity contribution in [2.45, 2.75) is 19.4 Å². The smallest absolute Gasteiger partial charge is 0.0935 e. The molecule has 2 heterocycles. The van der Waals surface area contributed by atoms with Crippen molar-refractivity contribution < 1.29 is 4.84 Å². The molecule has 0 aliphatic rings. The van der Waals surface area contributed by atoms with Crippen LogP contribution in [-0.2, 0) is 24.3 Å². The van der Waals surface area contributed by atoms with Crippen molar-refractivity contribution in [3.63, 3.8) is 0 Å². The van der Waals surface area contributed by atoms with E-state index in [-0.39, 0.29) is 0 Å². The lowest BCUT2D eigenvalue weighted by molar-refractivity contribution is -0.168. The Morgan fingerprint density at radius 2 is 1.16 bits per heavy atom. The topological polar surface area (TPSA) is 38.2 Å². The van der Waals surface area contributed by atoms with Crippen molar-refractivity contribution in [3.05, 3.63) is 96.1 Å². The van der Waals surface area contributed by atoms with Gasteiger partial charge in [-0.05, 0) is 53.8 Å². The van der Waals surface area contributed by atoms with Crippen LogP contribution in [-0.4, -0.2) is 28.1 Å². The van der Waals surface area contributed by atoms with E-state index in [9.17, 15) is 0 Å². The standard InChI is InChI=1S/C21H23N3O/c1-2-4-21(5-3-1)18-25-24(16-10-19-6-12-22-13-7-19)17-11-20-8-14-23-15-9-20/h1-9,12-15H,10-11,16-18H2. The van der Waals surface area contributed by atoms with Crippen molar-refractivity contribution in [2.75, 3.05) is 13.1 Å². The predicted molar refractivity (Wildman–Crippen MR) is 98.7 cm³/mol. The van der Waals surface area contributed by atoms with E-state index in [4.69, 9.17) is 4.84 Å². The molecule has 0 saturated carbocycles. The molecule has 0 atom stereocenters. The second-order valence-electron chi connectivity index (χ2n) is 5.90. The maximum absolute atomic E-state index is 6.07. The number of rotatable bonds is 9. The first-order chi connectivity index (χ1) is 12.4. The van der Waals surface area contributed by atoms with Crippen molar-refractivity contribution in [1.82, 2.24) is 15.0 Å². The average molecular weight is 333 g/mol. The fourth-order valence-corrected chi connectivity index (χ4v) is 2.59. The molecule has 0 bridgehead atoms. The van der Waals surface area contributed by atoms with E-state index in [1.165, 1.54) is 16.7 Å². The molecule has 0 unspecified atom stereocenters. The molecule has 25 heavy (non-hydrogen) atoms. The molecule has 3 aromatic rings. The Balaban J connectivity index is 1.56. The molecule has 0 aliphatic carbocycles. The highest BCUT2D eigenvalue weighted by atomic mass is 16.7. The number of benzene rings is 1. The first kappa shape index (κ1) is 17.3. The average Bonchev–Trinajstić information content (AvgIpc) is 2.70.